The Balaban J connectivity index is 2.17. The first kappa shape index (κ1) is 13.5. The molecule has 0 N–H and O–H groups in total. The predicted octanol–water partition coefficient (Wildman–Crippen LogP) is 5.05. The van der Waals surface area contributed by atoms with Crippen molar-refractivity contribution in [1.29, 1.82) is 0 Å². The van der Waals surface area contributed by atoms with Crippen molar-refractivity contribution in [2.75, 3.05) is 0 Å². The van der Waals surface area contributed by atoms with Crippen molar-refractivity contribution in [2.45, 2.75) is 26.2 Å². The van der Waals surface area contributed by atoms with Gasteiger partial charge in [0, 0.05) is 6.07 Å². The summed E-state index contributed by atoms with van der Waals surface area (Å²) in [6, 6.07) is 11.1. The minimum atomic E-state index is -0.913. The van der Waals surface area contributed by atoms with Crippen LogP contribution in [0.4, 0.5) is 8.78 Å². The molecule has 0 amide bonds. The van der Waals surface area contributed by atoms with E-state index in [1.165, 1.54) is 11.6 Å². The molecule has 3 heteroatoms. The van der Waals surface area contributed by atoms with E-state index in [9.17, 15) is 8.78 Å². The Labute approximate surface area is 111 Å². The Morgan fingerprint density at radius 1 is 0.789 bits per heavy atom. The lowest BCUT2D eigenvalue weighted by atomic mass is 9.87. The molecule has 2 aromatic rings. The second kappa shape index (κ2) is 5.00. The molecule has 0 aliphatic carbocycles. The Kier molecular flexibility index (Phi) is 3.56. The highest BCUT2D eigenvalue weighted by atomic mass is 19.2. The first-order chi connectivity index (χ1) is 8.86. The predicted molar refractivity (Wildman–Crippen MR) is 71.6 cm³/mol. The highest BCUT2D eigenvalue weighted by Crippen LogP contribution is 2.27. The number of hydrogen-bond donors (Lipinski definition) is 0. The third kappa shape index (κ3) is 3.31. The van der Waals surface area contributed by atoms with Crippen LogP contribution >= 0.6 is 0 Å². The molecule has 0 aliphatic rings. The molecule has 19 heavy (non-hydrogen) atoms. The van der Waals surface area contributed by atoms with Gasteiger partial charge in [0.15, 0.2) is 11.6 Å². The zero-order valence-corrected chi connectivity index (χ0v) is 11.2. The van der Waals surface area contributed by atoms with Gasteiger partial charge in [-0.15, -0.1) is 0 Å². The molecule has 0 fully saturated rings. The second-order valence-electron chi connectivity index (χ2n) is 5.45. The minimum absolute atomic E-state index is 0.0700. The summed E-state index contributed by atoms with van der Waals surface area (Å²) in [6.07, 6.45) is 0. The number of hydrogen-bond acceptors (Lipinski definition) is 1. The molecular formula is C16H16F2O. The summed E-state index contributed by atoms with van der Waals surface area (Å²) in [4.78, 5) is 0. The van der Waals surface area contributed by atoms with Crippen LogP contribution in [-0.4, -0.2) is 0 Å². The van der Waals surface area contributed by atoms with Gasteiger partial charge in [0.1, 0.15) is 11.5 Å². The fourth-order valence-electron chi connectivity index (χ4n) is 1.70. The topological polar surface area (TPSA) is 9.23 Å². The summed E-state index contributed by atoms with van der Waals surface area (Å²) in [5, 5.41) is 0. The molecule has 0 heterocycles. The molecule has 0 atom stereocenters. The maximum absolute atomic E-state index is 13.0. The zero-order valence-electron chi connectivity index (χ0n) is 11.2. The molecule has 2 rings (SSSR count). The summed E-state index contributed by atoms with van der Waals surface area (Å²) in [5.41, 5.74) is 1.26. The quantitative estimate of drug-likeness (QED) is 0.735. The van der Waals surface area contributed by atoms with Crippen molar-refractivity contribution in [3.8, 4) is 11.5 Å². The molecular weight excluding hydrogens is 246 g/mol. The van der Waals surface area contributed by atoms with Gasteiger partial charge in [-0.2, -0.15) is 0 Å². The average molecular weight is 262 g/mol. The number of halogens is 2. The summed E-state index contributed by atoms with van der Waals surface area (Å²) in [7, 11) is 0. The van der Waals surface area contributed by atoms with Gasteiger partial charge >= 0.3 is 0 Å². The van der Waals surface area contributed by atoms with Crippen LogP contribution in [0.5, 0.6) is 11.5 Å². The first-order valence-corrected chi connectivity index (χ1v) is 6.10. The van der Waals surface area contributed by atoms with E-state index in [1.54, 1.807) is 0 Å². The van der Waals surface area contributed by atoms with E-state index in [2.05, 4.69) is 20.8 Å². The van der Waals surface area contributed by atoms with E-state index in [4.69, 9.17) is 4.74 Å². The van der Waals surface area contributed by atoms with E-state index >= 15 is 0 Å². The number of benzene rings is 2. The zero-order chi connectivity index (χ0) is 14.0. The van der Waals surface area contributed by atoms with Crippen LogP contribution < -0.4 is 4.74 Å². The van der Waals surface area contributed by atoms with Gasteiger partial charge in [-0.3, -0.25) is 0 Å². The van der Waals surface area contributed by atoms with Gasteiger partial charge in [-0.25, -0.2) is 8.78 Å². The molecule has 0 unspecified atom stereocenters. The Bertz CT molecular complexity index is 568. The van der Waals surface area contributed by atoms with E-state index in [0.717, 1.165) is 12.1 Å². The maximum Gasteiger partial charge on any atom is 0.162 e. The molecule has 0 aliphatic heterocycles. The molecule has 0 radical (unpaired) electrons. The molecule has 2 aromatic carbocycles. The third-order valence-electron chi connectivity index (χ3n) is 2.85. The Morgan fingerprint density at radius 2 is 1.37 bits per heavy atom. The van der Waals surface area contributed by atoms with Crippen LogP contribution in [0.2, 0.25) is 0 Å². The lowest BCUT2D eigenvalue weighted by Gasteiger charge is -2.19. The lowest BCUT2D eigenvalue weighted by Crippen LogP contribution is -2.10. The number of rotatable bonds is 2. The van der Waals surface area contributed by atoms with Crippen molar-refractivity contribution in [2.24, 2.45) is 0 Å². The smallest absolute Gasteiger partial charge is 0.162 e. The highest BCUT2D eigenvalue weighted by Gasteiger charge is 2.13. The van der Waals surface area contributed by atoms with E-state index in [0.29, 0.717) is 5.75 Å². The second-order valence-corrected chi connectivity index (χ2v) is 5.45. The SMILES string of the molecule is CC(C)(C)c1ccc(Oc2ccc(F)c(F)c2)cc1. The third-order valence-corrected chi connectivity index (χ3v) is 2.85. The normalized spacial score (nSPS) is 11.4. The van der Waals surface area contributed by atoms with Crippen LogP contribution in [0.1, 0.15) is 26.3 Å². The number of ether oxygens (including phenoxy) is 1. The van der Waals surface area contributed by atoms with E-state index in [-0.39, 0.29) is 11.2 Å². The highest BCUT2D eigenvalue weighted by molar-refractivity contribution is 5.35. The van der Waals surface area contributed by atoms with Crippen LogP contribution in [-0.2, 0) is 5.41 Å². The summed E-state index contributed by atoms with van der Waals surface area (Å²) in [5.74, 6) is -0.916. The minimum Gasteiger partial charge on any atom is -0.457 e. The molecule has 0 saturated heterocycles. The monoisotopic (exact) mass is 262 g/mol. The summed E-state index contributed by atoms with van der Waals surface area (Å²) < 4.78 is 31.3. The van der Waals surface area contributed by atoms with Gasteiger partial charge < -0.3 is 4.74 Å². The molecule has 0 aromatic heterocycles. The Morgan fingerprint density at radius 3 is 1.89 bits per heavy atom. The van der Waals surface area contributed by atoms with Crippen molar-refractivity contribution in [3.63, 3.8) is 0 Å². The molecule has 1 nitrogen and oxygen atoms in total. The van der Waals surface area contributed by atoms with Crippen molar-refractivity contribution < 1.29 is 13.5 Å². The summed E-state index contributed by atoms with van der Waals surface area (Å²) in [6.45, 7) is 6.37. The molecule has 0 bridgehead atoms. The fourth-order valence-corrected chi connectivity index (χ4v) is 1.70. The van der Waals surface area contributed by atoms with E-state index in [1.807, 2.05) is 24.3 Å². The molecule has 100 valence electrons. The Hall–Kier alpha value is -1.90. The van der Waals surface area contributed by atoms with Gasteiger partial charge in [-0.1, -0.05) is 32.9 Å². The standard InChI is InChI=1S/C16H16F2O/c1-16(2,3)11-4-6-12(7-5-11)19-13-8-9-14(17)15(18)10-13/h4-10H,1-3H3. The van der Waals surface area contributed by atoms with Crippen molar-refractivity contribution in [3.05, 3.63) is 59.7 Å². The van der Waals surface area contributed by atoms with Crippen molar-refractivity contribution >= 4 is 0 Å². The van der Waals surface area contributed by atoms with Gasteiger partial charge in [0.05, 0.1) is 0 Å². The van der Waals surface area contributed by atoms with E-state index < -0.39 is 11.6 Å². The fraction of sp³-hybridized carbons (Fsp3) is 0.250. The first-order valence-electron chi connectivity index (χ1n) is 6.10. The van der Waals surface area contributed by atoms with Gasteiger partial charge in [0.25, 0.3) is 0 Å². The van der Waals surface area contributed by atoms with Crippen LogP contribution in [0.3, 0.4) is 0 Å². The van der Waals surface area contributed by atoms with Crippen LogP contribution in [0.25, 0.3) is 0 Å². The lowest BCUT2D eigenvalue weighted by molar-refractivity contribution is 0.461. The largest absolute Gasteiger partial charge is 0.457 e. The van der Waals surface area contributed by atoms with Gasteiger partial charge in [-0.05, 0) is 35.2 Å². The van der Waals surface area contributed by atoms with Gasteiger partial charge in [0.2, 0.25) is 0 Å². The maximum atomic E-state index is 13.0. The summed E-state index contributed by atoms with van der Waals surface area (Å²) >= 11 is 0. The van der Waals surface area contributed by atoms with Crippen LogP contribution in [0, 0.1) is 11.6 Å². The molecule has 0 saturated carbocycles. The van der Waals surface area contributed by atoms with Crippen LogP contribution in [0.15, 0.2) is 42.5 Å². The average Bonchev–Trinajstić information content (AvgIpc) is 2.33. The van der Waals surface area contributed by atoms with Crippen molar-refractivity contribution in [1.82, 2.24) is 0 Å². The molecule has 0 spiro atoms.